The number of carbonyl (C=O) groups is 2. The number of phenols is 1. The van der Waals surface area contributed by atoms with E-state index in [1.807, 2.05) is 104 Å². The van der Waals surface area contributed by atoms with Crippen LogP contribution in [0.4, 0.5) is 9.59 Å². The van der Waals surface area contributed by atoms with Gasteiger partial charge in [0.1, 0.15) is 22.7 Å². The highest BCUT2D eigenvalue weighted by Crippen LogP contribution is 2.15. The molecular weight excluding hydrogens is 749 g/mol. The second-order valence-corrected chi connectivity index (χ2v) is 17.5. The van der Waals surface area contributed by atoms with Crippen LogP contribution in [0.3, 0.4) is 0 Å². The average molecular weight is 817 g/mol. The molecule has 0 spiro atoms. The lowest BCUT2D eigenvalue weighted by Crippen LogP contribution is -2.33. The molecule has 14 heteroatoms. The van der Waals surface area contributed by atoms with Crippen LogP contribution in [0.15, 0.2) is 77.7 Å². The first-order chi connectivity index (χ1) is 26.5. The summed E-state index contributed by atoms with van der Waals surface area (Å²) in [7, 11) is 4.40. The van der Waals surface area contributed by atoms with Gasteiger partial charge in [-0.1, -0.05) is 42.0 Å². The van der Waals surface area contributed by atoms with E-state index in [2.05, 4.69) is 29.6 Å². The molecule has 3 N–H and O–H groups in total. The van der Waals surface area contributed by atoms with Crippen molar-refractivity contribution in [1.82, 2.24) is 20.4 Å². The van der Waals surface area contributed by atoms with Crippen molar-refractivity contribution < 1.29 is 41.5 Å². The van der Waals surface area contributed by atoms with E-state index in [1.54, 1.807) is 36.4 Å². The summed E-state index contributed by atoms with van der Waals surface area (Å²) in [6, 6.07) is 21.6. The number of nitrogens with one attached hydrogen (secondary N) is 2. The molecule has 0 aliphatic carbocycles. The fourth-order valence-electron chi connectivity index (χ4n) is 4.55. The van der Waals surface area contributed by atoms with E-state index in [0.29, 0.717) is 25.9 Å². The summed E-state index contributed by atoms with van der Waals surface area (Å²) in [5.74, 6) is 1.13. The van der Waals surface area contributed by atoms with Crippen molar-refractivity contribution in [3.05, 3.63) is 89.5 Å². The molecule has 0 aromatic heterocycles. The molecule has 320 valence electrons. The van der Waals surface area contributed by atoms with Crippen molar-refractivity contribution in [3.8, 4) is 11.5 Å². The molecule has 3 aromatic carbocycles. The van der Waals surface area contributed by atoms with Crippen LogP contribution in [0.2, 0.25) is 0 Å². The summed E-state index contributed by atoms with van der Waals surface area (Å²) in [6.07, 6.45) is 2.39. The lowest BCUT2D eigenvalue weighted by molar-refractivity contribution is 0.0517. The molecule has 2 amide bonds. The van der Waals surface area contributed by atoms with E-state index in [9.17, 15) is 18.0 Å². The van der Waals surface area contributed by atoms with Gasteiger partial charge in [0.05, 0.1) is 18.1 Å². The van der Waals surface area contributed by atoms with Gasteiger partial charge in [-0.3, -0.25) is 4.18 Å². The topological polar surface area (TPSA) is 156 Å². The van der Waals surface area contributed by atoms with E-state index in [1.165, 1.54) is 0 Å². The zero-order valence-electron chi connectivity index (χ0n) is 36.0. The molecular formula is C43H68N4O9S. The minimum atomic E-state index is -3.59. The lowest BCUT2D eigenvalue weighted by atomic mass is 10.1. The maximum absolute atomic E-state index is 11.8. The molecule has 0 saturated heterocycles. The molecule has 0 atom stereocenters. The molecule has 0 fully saturated rings. The highest BCUT2D eigenvalue weighted by molar-refractivity contribution is 7.86. The summed E-state index contributed by atoms with van der Waals surface area (Å²) in [6.45, 7) is 16.8. The number of hydrogen-bond donors (Lipinski definition) is 3. The molecule has 0 saturated carbocycles. The predicted molar refractivity (Wildman–Crippen MR) is 227 cm³/mol. The van der Waals surface area contributed by atoms with Crippen molar-refractivity contribution in [2.24, 2.45) is 0 Å². The first-order valence-electron chi connectivity index (χ1n) is 19.2. The van der Waals surface area contributed by atoms with Gasteiger partial charge in [-0.15, -0.1) is 0 Å². The Morgan fingerprint density at radius 3 is 1.49 bits per heavy atom. The van der Waals surface area contributed by atoms with E-state index >= 15 is 0 Å². The van der Waals surface area contributed by atoms with Gasteiger partial charge in [-0.25, -0.2) is 9.59 Å². The Hall–Kier alpha value is -4.37. The zero-order valence-corrected chi connectivity index (χ0v) is 36.8. The number of benzene rings is 3. The first kappa shape index (κ1) is 50.6. The molecule has 0 heterocycles. The van der Waals surface area contributed by atoms with Crippen molar-refractivity contribution in [2.45, 2.75) is 90.2 Å². The Bertz CT molecular complexity index is 1670. The predicted octanol–water partition coefficient (Wildman–Crippen LogP) is 7.20. The summed E-state index contributed by atoms with van der Waals surface area (Å²) in [4.78, 5) is 27.2. The van der Waals surface area contributed by atoms with Gasteiger partial charge in [0, 0.05) is 19.6 Å². The fourth-order valence-corrected chi connectivity index (χ4v) is 5.50. The number of carbonyl (C=O) groups excluding carboxylic acids is 2. The molecule has 0 radical (unpaired) electrons. The Labute approximate surface area is 342 Å². The Balaban J connectivity index is 0.000000435. The quantitative estimate of drug-likeness (QED) is 0.0936. The molecule has 0 aliphatic heterocycles. The van der Waals surface area contributed by atoms with E-state index in [4.69, 9.17) is 23.5 Å². The smallest absolute Gasteiger partial charge is 0.407 e. The number of aryl methyl sites for hydroxylation is 1. The number of alkyl carbamates (subject to hydrolysis) is 2. The van der Waals surface area contributed by atoms with E-state index < -0.39 is 27.4 Å². The van der Waals surface area contributed by atoms with Gasteiger partial charge in [-0.05, 0) is 156 Å². The Morgan fingerprint density at radius 2 is 1.07 bits per heavy atom. The maximum atomic E-state index is 11.8. The summed E-state index contributed by atoms with van der Waals surface area (Å²) < 4.78 is 44.4. The molecule has 57 heavy (non-hydrogen) atoms. The van der Waals surface area contributed by atoms with Gasteiger partial charge >= 0.3 is 12.2 Å². The highest BCUT2D eigenvalue weighted by Gasteiger charge is 2.17. The van der Waals surface area contributed by atoms with Crippen LogP contribution in [0.25, 0.3) is 0 Å². The first-order valence-corrected chi connectivity index (χ1v) is 20.6. The van der Waals surface area contributed by atoms with Gasteiger partial charge < -0.3 is 39.8 Å². The number of hydrogen-bond acceptors (Lipinski definition) is 11. The number of aromatic hydroxyl groups is 1. The number of amides is 2. The summed E-state index contributed by atoms with van der Waals surface area (Å²) >= 11 is 0. The number of rotatable bonds is 17. The molecule has 3 rings (SSSR count). The van der Waals surface area contributed by atoms with Crippen LogP contribution in [-0.2, 0) is 36.6 Å². The van der Waals surface area contributed by atoms with Crippen molar-refractivity contribution in [3.63, 3.8) is 0 Å². The van der Waals surface area contributed by atoms with Crippen molar-refractivity contribution >= 4 is 22.3 Å². The van der Waals surface area contributed by atoms with Crippen molar-refractivity contribution in [2.75, 3.05) is 67.6 Å². The van der Waals surface area contributed by atoms with Crippen LogP contribution < -0.4 is 15.4 Å². The normalized spacial score (nSPS) is 11.5. The summed E-state index contributed by atoms with van der Waals surface area (Å²) in [5, 5.41) is 14.5. The van der Waals surface area contributed by atoms with E-state index in [-0.39, 0.29) is 23.3 Å². The molecule has 13 nitrogen and oxygen atoms in total. The average Bonchev–Trinajstić information content (AvgIpc) is 3.09. The monoisotopic (exact) mass is 816 g/mol. The molecule has 0 unspecified atom stereocenters. The molecule has 0 bridgehead atoms. The standard InChI is InChI=1S/C18H30N2O3.C13H19NO3.C12H19NO3S/c1-18(2,3)23-17(21)19-12-11-15-7-9-16(10-8-15)22-14-6-13-20(4)5;1-13(2,3)17-12(16)14-9-8-10-4-6-11(15)7-5-10;1-11-5-7-12(8-6-11)17(14,15)16-10-4-9-13(2)3/h7-10H,6,11-14H2,1-5H3,(H,19,21);4-7,15H,8-9H2,1-3H3,(H,14,16);5-8H,4,9-10H2,1-3H3. The maximum Gasteiger partial charge on any atom is 0.407 e. The summed E-state index contributed by atoms with van der Waals surface area (Å²) in [5.41, 5.74) is 2.30. The number of nitrogens with zero attached hydrogens (tertiary/aromatic N) is 2. The van der Waals surface area contributed by atoms with Crippen LogP contribution in [0, 0.1) is 6.92 Å². The van der Waals surface area contributed by atoms with Gasteiger partial charge in [0.15, 0.2) is 0 Å². The van der Waals surface area contributed by atoms with Gasteiger partial charge in [-0.2, -0.15) is 8.42 Å². The van der Waals surface area contributed by atoms with Gasteiger partial charge in [0.2, 0.25) is 0 Å². The second-order valence-electron chi connectivity index (χ2n) is 15.9. The third-order valence-corrected chi connectivity index (χ3v) is 8.67. The largest absolute Gasteiger partial charge is 0.508 e. The third-order valence-electron chi connectivity index (χ3n) is 7.34. The van der Waals surface area contributed by atoms with Gasteiger partial charge in [0.25, 0.3) is 10.1 Å². The lowest BCUT2D eigenvalue weighted by Gasteiger charge is -2.19. The highest BCUT2D eigenvalue weighted by atomic mass is 32.2. The third kappa shape index (κ3) is 27.0. The van der Waals surface area contributed by atoms with Crippen LogP contribution in [0.5, 0.6) is 11.5 Å². The van der Waals surface area contributed by atoms with Crippen molar-refractivity contribution in [1.29, 1.82) is 0 Å². The van der Waals surface area contributed by atoms with Crippen LogP contribution in [0.1, 0.15) is 71.1 Å². The minimum absolute atomic E-state index is 0.216. The van der Waals surface area contributed by atoms with E-state index in [0.717, 1.165) is 55.0 Å². The molecule has 3 aromatic rings. The second kappa shape index (κ2) is 25.8. The zero-order chi connectivity index (χ0) is 43.1. The minimum Gasteiger partial charge on any atom is -0.508 e. The van der Waals surface area contributed by atoms with Crippen LogP contribution >= 0.6 is 0 Å². The van der Waals surface area contributed by atoms with Crippen LogP contribution in [-0.4, -0.2) is 114 Å². The molecule has 0 aliphatic rings. The Morgan fingerprint density at radius 1 is 0.649 bits per heavy atom. The fraction of sp³-hybridized carbons (Fsp3) is 0.535. The number of ether oxygens (including phenoxy) is 3. The number of phenolic OH excluding ortho intramolecular Hbond substituents is 1. The SMILES string of the molecule is CC(C)(C)OC(=O)NCCc1ccc(O)cc1.CN(C)CCCOc1ccc(CCNC(=O)OC(C)(C)C)cc1.Cc1ccc(S(=O)(=O)OCCCN(C)C)cc1. The Kier molecular flexibility index (Phi) is 22.9.